The minimum atomic E-state index is 0.570. The van der Waals surface area contributed by atoms with E-state index in [2.05, 4.69) is 42.3 Å². The molecule has 15 heavy (non-hydrogen) atoms. The summed E-state index contributed by atoms with van der Waals surface area (Å²) in [5, 5.41) is 4.76. The van der Waals surface area contributed by atoms with E-state index in [1.165, 1.54) is 27.8 Å². The first-order valence-corrected chi connectivity index (χ1v) is 5.63. The highest BCUT2D eigenvalue weighted by molar-refractivity contribution is 5.86. The molecular weight excluding hydrogens is 184 g/mol. The van der Waals surface area contributed by atoms with Gasteiger partial charge in [0.05, 0.1) is 0 Å². The Hall–Kier alpha value is -1.44. The molecule has 78 valence electrons. The van der Waals surface area contributed by atoms with Crippen molar-refractivity contribution in [2.75, 3.05) is 11.9 Å². The second kappa shape index (κ2) is 3.02. The summed E-state index contributed by atoms with van der Waals surface area (Å²) in [5.41, 5.74) is 5.34. The lowest BCUT2D eigenvalue weighted by Crippen LogP contribution is -1.90. The summed E-state index contributed by atoms with van der Waals surface area (Å²) in [4.78, 5) is 3.48. The van der Waals surface area contributed by atoms with Crippen molar-refractivity contribution < 1.29 is 0 Å². The minimum absolute atomic E-state index is 0.570. The average Bonchev–Trinajstić information content (AvgIpc) is 2.77. The van der Waals surface area contributed by atoms with E-state index in [1.54, 1.807) is 0 Å². The monoisotopic (exact) mass is 200 g/mol. The van der Waals surface area contributed by atoms with Crippen molar-refractivity contribution in [1.82, 2.24) is 4.98 Å². The van der Waals surface area contributed by atoms with Crippen LogP contribution in [0.15, 0.2) is 18.2 Å². The quantitative estimate of drug-likeness (QED) is 0.726. The van der Waals surface area contributed by atoms with Crippen LogP contribution in [0.3, 0.4) is 0 Å². The number of hydrogen-bond donors (Lipinski definition) is 2. The van der Waals surface area contributed by atoms with Gasteiger partial charge in [0.15, 0.2) is 0 Å². The van der Waals surface area contributed by atoms with Crippen molar-refractivity contribution in [3.05, 3.63) is 29.5 Å². The van der Waals surface area contributed by atoms with Gasteiger partial charge in [-0.15, -0.1) is 0 Å². The maximum atomic E-state index is 3.48. The number of hydrogen-bond acceptors (Lipinski definition) is 1. The Morgan fingerprint density at radius 3 is 2.87 bits per heavy atom. The van der Waals surface area contributed by atoms with Gasteiger partial charge in [0.2, 0.25) is 0 Å². The molecule has 2 heteroatoms. The molecule has 2 N–H and O–H groups in total. The molecule has 2 aromatic rings. The standard InChI is InChI=1S/C13H16N2/c1-8(2)11-6-10-5-9-3-4-14-12(9)7-13(10)15-11/h5-8,14-15H,3-4H2,1-2H3. The maximum absolute atomic E-state index is 3.48. The Kier molecular flexibility index (Phi) is 1.78. The van der Waals surface area contributed by atoms with Crippen LogP contribution in [0.1, 0.15) is 31.0 Å². The Morgan fingerprint density at radius 1 is 1.20 bits per heavy atom. The molecule has 1 aromatic heterocycles. The van der Waals surface area contributed by atoms with Gasteiger partial charge in [-0.3, -0.25) is 0 Å². The van der Waals surface area contributed by atoms with Gasteiger partial charge in [-0.05, 0) is 36.1 Å². The van der Waals surface area contributed by atoms with Crippen molar-refractivity contribution in [3.63, 3.8) is 0 Å². The molecule has 0 bridgehead atoms. The van der Waals surface area contributed by atoms with Crippen molar-refractivity contribution in [2.45, 2.75) is 26.2 Å². The van der Waals surface area contributed by atoms with Gasteiger partial charge in [0, 0.05) is 28.8 Å². The summed E-state index contributed by atoms with van der Waals surface area (Å²) >= 11 is 0. The third kappa shape index (κ3) is 1.32. The summed E-state index contributed by atoms with van der Waals surface area (Å²) in [7, 11) is 0. The third-order valence-corrected chi connectivity index (χ3v) is 3.20. The number of rotatable bonds is 1. The third-order valence-electron chi connectivity index (χ3n) is 3.20. The number of anilines is 1. The largest absolute Gasteiger partial charge is 0.384 e. The molecule has 2 heterocycles. The number of nitrogens with one attached hydrogen (secondary N) is 2. The molecular formula is C13H16N2. The first kappa shape index (κ1) is 8.84. The first-order chi connectivity index (χ1) is 7.24. The van der Waals surface area contributed by atoms with Gasteiger partial charge in [-0.1, -0.05) is 13.8 Å². The fraction of sp³-hybridized carbons (Fsp3) is 0.385. The summed E-state index contributed by atoms with van der Waals surface area (Å²) in [6.45, 7) is 5.52. The van der Waals surface area contributed by atoms with Crippen LogP contribution in [-0.4, -0.2) is 11.5 Å². The zero-order valence-corrected chi connectivity index (χ0v) is 9.22. The molecule has 3 rings (SSSR count). The van der Waals surface area contributed by atoms with Crippen molar-refractivity contribution >= 4 is 16.6 Å². The van der Waals surface area contributed by atoms with Crippen molar-refractivity contribution in [3.8, 4) is 0 Å². The molecule has 0 aliphatic carbocycles. The normalized spacial score (nSPS) is 14.6. The van der Waals surface area contributed by atoms with Crippen LogP contribution >= 0.6 is 0 Å². The Bertz CT molecular complexity index is 467. The van der Waals surface area contributed by atoms with Crippen LogP contribution in [0.5, 0.6) is 0 Å². The van der Waals surface area contributed by atoms with Gasteiger partial charge in [-0.25, -0.2) is 0 Å². The van der Waals surface area contributed by atoms with E-state index in [0.29, 0.717) is 5.92 Å². The lowest BCUT2D eigenvalue weighted by molar-refractivity contribution is 0.836. The van der Waals surface area contributed by atoms with Gasteiger partial charge < -0.3 is 10.3 Å². The van der Waals surface area contributed by atoms with Crippen molar-refractivity contribution in [1.29, 1.82) is 0 Å². The zero-order valence-electron chi connectivity index (χ0n) is 9.22. The number of fused-ring (bicyclic) bond motifs is 2. The fourth-order valence-corrected chi connectivity index (χ4v) is 2.26. The summed E-state index contributed by atoms with van der Waals surface area (Å²) in [6, 6.07) is 6.83. The minimum Gasteiger partial charge on any atom is -0.384 e. The Balaban J connectivity index is 2.20. The Morgan fingerprint density at radius 2 is 2.07 bits per heavy atom. The van der Waals surface area contributed by atoms with E-state index >= 15 is 0 Å². The maximum Gasteiger partial charge on any atom is 0.0477 e. The van der Waals surface area contributed by atoms with E-state index < -0.39 is 0 Å². The topological polar surface area (TPSA) is 27.8 Å². The van der Waals surface area contributed by atoms with Crippen LogP contribution in [0.4, 0.5) is 5.69 Å². The van der Waals surface area contributed by atoms with Crippen molar-refractivity contribution in [2.24, 2.45) is 0 Å². The zero-order chi connectivity index (χ0) is 10.4. The smallest absolute Gasteiger partial charge is 0.0477 e. The molecule has 1 aliphatic rings. The first-order valence-electron chi connectivity index (χ1n) is 5.63. The van der Waals surface area contributed by atoms with Gasteiger partial charge in [0.25, 0.3) is 0 Å². The van der Waals surface area contributed by atoms with Crippen LogP contribution in [0.2, 0.25) is 0 Å². The predicted molar refractivity (Wildman–Crippen MR) is 64.6 cm³/mol. The van der Waals surface area contributed by atoms with Gasteiger partial charge >= 0.3 is 0 Å². The number of aromatic nitrogens is 1. The van der Waals surface area contributed by atoms with Crippen LogP contribution in [-0.2, 0) is 6.42 Å². The SMILES string of the molecule is CC(C)c1cc2cc3c(cc2[nH]1)NCC3. The Labute approximate surface area is 89.7 Å². The summed E-state index contributed by atoms with van der Waals surface area (Å²) in [5.74, 6) is 0.570. The van der Waals surface area contributed by atoms with Gasteiger partial charge in [0.1, 0.15) is 0 Å². The highest BCUT2D eigenvalue weighted by Crippen LogP contribution is 2.29. The molecule has 0 spiro atoms. The lowest BCUT2D eigenvalue weighted by atomic mass is 10.1. The lowest BCUT2D eigenvalue weighted by Gasteiger charge is -1.99. The van der Waals surface area contributed by atoms with E-state index in [4.69, 9.17) is 0 Å². The molecule has 0 unspecified atom stereocenters. The fourth-order valence-electron chi connectivity index (χ4n) is 2.26. The van der Waals surface area contributed by atoms with Crippen LogP contribution in [0, 0.1) is 0 Å². The highest BCUT2D eigenvalue weighted by atomic mass is 14.9. The van der Waals surface area contributed by atoms with E-state index in [0.717, 1.165) is 13.0 Å². The number of aromatic amines is 1. The van der Waals surface area contributed by atoms with Gasteiger partial charge in [-0.2, -0.15) is 0 Å². The van der Waals surface area contributed by atoms with Crippen LogP contribution in [0.25, 0.3) is 10.9 Å². The van der Waals surface area contributed by atoms with E-state index in [-0.39, 0.29) is 0 Å². The molecule has 0 fully saturated rings. The average molecular weight is 200 g/mol. The number of H-pyrrole nitrogens is 1. The van der Waals surface area contributed by atoms with E-state index in [1.807, 2.05) is 0 Å². The molecule has 0 saturated heterocycles. The highest BCUT2D eigenvalue weighted by Gasteiger charge is 2.12. The molecule has 0 atom stereocenters. The van der Waals surface area contributed by atoms with E-state index in [9.17, 15) is 0 Å². The molecule has 0 amide bonds. The summed E-state index contributed by atoms with van der Waals surface area (Å²) < 4.78 is 0. The predicted octanol–water partition coefficient (Wildman–Crippen LogP) is 3.26. The summed E-state index contributed by atoms with van der Waals surface area (Å²) in [6.07, 6.45) is 1.16. The molecule has 1 aliphatic heterocycles. The second-order valence-electron chi connectivity index (χ2n) is 4.65. The molecule has 2 nitrogen and oxygen atoms in total. The number of benzene rings is 1. The van der Waals surface area contributed by atoms with Crippen LogP contribution < -0.4 is 5.32 Å². The molecule has 0 saturated carbocycles. The molecule has 0 radical (unpaired) electrons. The molecule has 1 aromatic carbocycles. The second-order valence-corrected chi connectivity index (χ2v) is 4.65.